The Morgan fingerprint density at radius 3 is 1.90 bits per heavy atom. The minimum atomic E-state index is -1.29. The minimum Gasteiger partial charge on any atom is -0.481 e. The van der Waals surface area contributed by atoms with Gasteiger partial charge in [-0.3, -0.25) is 9.59 Å². The third-order valence-electron chi connectivity index (χ3n) is 0.712. The third kappa shape index (κ3) is 5.62. The molecule has 0 amide bonds. The van der Waals surface area contributed by atoms with Crippen LogP contribution in [0.25, 0.3) is 0 Å². The molecule has 0 saturated carbocycles. The van der Waals surface area contributed by atoms with Crippen LogP contribution in [0.2, 0.25) is 0 Å². The fourth-order valence-corrected chi connectivity index (χ4v) is 0.275. The number of carboxylic acids is 2. The summed E-state index contributed by atoms with van der Waals surface area (Å²) in [6, 6.07) is -1.29. The molecular weight excluding hydrogens is 177 g/mol. The Morgan fingerprint density at radius 1 is 1.40 bits per heavy atom. The smallest absolute Gasteiger partial charge is 0.321 e. The molecule has 1 radical (unpaired) electrons. The van der Waals surface area contributed by atoms with Gasteiger partial charge < -0.3 is 15.9 Å². The van der Waals surface area contributed by atoms with Gasteiger partial charge in [-0.05, 0) is 0 Å². The second-order valence-electron chi connectivity index (χ2n) is 1.54. The van der Waals surface area contributed by atoms with Gasteiger partial charge in [-0.1, -0.05) is 0 Å². The predicted octanol–water partition coefficient (Wildman–Crippen LogP) is -1.13. The molecule has 0 saturated heterocycles. The first kappa shape index (κ1) is 12.2. The average molecular weight is 184 g/mol. The van der Waals surface area contributed by atoms with E-state index in [0.29, 0.717) is 0 Å². The molecule has 0 aliphatic heterocycles. The van der Waals surface area contributed by atoms with E-state index in [2.05, 4.69) is 0 Å². The summed E-state index contributed by atoms with van der Waals surface area (Å²) in [7, 11) is 0. The third-order valence-corrected chi connectivity index (χ3v) is 0.712. The van der Waals surface area contributed by atoms with Crippen LogP contribution in [-0.2, 0) is 28.1 Å². The number of hydrogen-bond acceptors (Lipinski definition) is 3. The Balaban J connectivity index is 0. The van der Waals surface area contributed by atoms with Gasteiger partial charge in [0.1, 0.15) is 6.04 Å². The fourth-order valence-electron chi connectivity index (χ4n) is 0.275. The fraction of sp³-hybridized carbons (Fsp3) is 0.500. The van der Waals surface area contributed by atoms with Crippen LogP contribution in [0.3, 0.4) is 0 Å². The Morgan fingerprint density at radius 2 is 1.80 bits per heavy atom. The summed E-state index contributed by atoms with van der Waals surface area (Å²) in [5.74, 6) is -2.50. The molecule has 0 aromatic rings. The summed E-state index contributed by atoms with van der Waals surface area (Å²) in [5.41, 5.74) is 4.84. The molecule has 0 bridgehead atoms. The van der Waals surface area contributed by atoms with Crippen LogP contribution >= 0.6 is 0 Å². The Kier molecular flexibility index (Phi) is 6.44. The van der Waals surface area contributed by atoms with Gasteiger partial charge in [0.15, 0.2) is 0 Å². The zero-order valence-corrected chi connectivity index (χ0v) is 6.42. The van der Waals surface area contributed by atoms with E-state index >= 15 is 0 Å². The van der Waals surface area contributed by atoms with Crippen molar-refractivity contribution in [2.45, 2.75) is 12.5 Å². The molecule has 0 aromatic carbocycles. The number of rotatable bonds is 3. The standard InChI is InChI=1S/C4H7NO4.V/c5-2(4(8)9)1-3(6)7;/h2H,1,5H2,(H,6,7)(H,8,9);. The topological polar surface area (TPSA) is 101 Å². The largest absolute Gasteiger partial charge is 0.481 e. The maximum Gasteiger partial charge on any atom is 0.321 e. The maximum atomic E-state index is 9.85. The number of nitrogens with two attached hydrogens (primary N) is 1. The second kappa shape index (κ2) is 5.28. The molecular formula is C4H7NO4V. The molecule has 4 N–H and O–H groups in total. The zero-order valence-electron chi connectivity index (χ0n) is 5.02. The van der Waals surface area contributed by atoms with Crippen molar-refractivity contribution in [3.63, 3.8) is 0 Å². The summed E-state index contributed by atoms with van der Waals surface area (Å²) in [6.07, 6.45) is -0.532. The molecule has 10 heavy (non-hydrogen) atoms. The molecule has 0 fully saturated rings. The average Bonchev–Trinajstić information content (AvgIpc) is 1.63. The molecule has 0 aromatic heterocycles. The van der Waals surface area contributed by atoms with Crippen molar-refractivity contribution in [2.75, 3.05) is 0 Å². The van der Waals surface area contributed by atoms with Gasteiger partial charge in [-0.15, -0.1) is 0 Å². The Bertz CT molecular complexity index is 137. The normalized spacial score (nSPS) is 11.3. The first-order valence-corrected chi connectivity index (χ1v) is 2.24. The van der Waals surface area contributed by atoms with Crippen molar-refractivity contribution in [1.29, 1.82) is 0 Å². The Labute approximate surface area is 69.1 Å². The summed E-state index contributed by atoms with van der Waals surface area (Å²) in [5, 5.41) is 16.0. The van der Waals surface area contributed by atoms with Crippen molar-refractivity contribution >= 4 is 11.9 Å². The van der Waals surface area contributed by atoms with Crippen LogP contribution in [0.1, 0.15) is 6.42 Å². The van der Waals surface area contributed by atoms with Crippen LogP contribution in [0.15, 0.2) is 0 Å². The second-order valence-corrected chi connectivity index (χ2v) is 1.54. The van der Waals surface area contributed by atoms with Crippen molar-refractivity contribution in [3.8, 4) is 0 Å². The van der Waals surface area contributed by atoms with E-state index in [1.165, 1.54) is 0 Å². The van der Waals surface area contributed by atoms with E-state index in [4.69, 9.17) is 15.9 Å². The first-order chi connectivity index (χ1) is 4.04. The molecule has 0 aliphatic rings. The van der Waals surface area contributed by atoms with Gasteiger partial charge in [0.25, 0.3) is 0 Å². The summed E-state index contributed by atoms with van der Waals surface area (Å²) in [4.78, 5) is 19.6. The van der Waals surface area contributed by atoms with Gasteiger partial charge in [-0.25, -0.2) is 0 Å². The molecule has 57 valence electrons. The number of aliphatic carboxylic acids is 2. The van der Waals surface area contributed by atoms with E-state index in [-0.39, 0.29) is 18.6 Å². The van der Waals surface area contributed by atoms with Crippen LogP contribution < -0.4 is 5.73 Å². The first-order valence-electron chi connectivity index (χ1n) is 2.24. The molecule has 5 nitrogen and oxygen atoms in total. The molecule has 0 rings (SSSR count). The van der Waals surface area contributed by atoms with E-state index in [1.807, 2.05) is 0 Å². The van der Waals surface area contributed by atoms with Crippen LogP contribution in [0.4, 0.5) is 0 Å². The molecule has 0 aliphatic carbocycles. The summed E-state index contributed by atoms with van der Waals surface area (Å²) in [6.45, 7) is 0. The number of hydrogen-bond donors (Lipinski definition) is 3. The molecule has 0 heterocycles. The summed E-state index contributed by atoms with van der Waals surface area (Å²) < 4.78 is 0. The summed E-state index contributed by atoms with van der Waals surface area (Å²) >= 11 is 0. The van der Waals surface area contributed by atoms with Gasteiger partial charge in [0.2, 0.25) is 0 Å². The van der Waals surface area contributed by atoms with Gasteiger partial charge in [-0.2, -0.15) is 0 Å². The quantitative estimate of drug-likeness (QED) is 0.515. The minimum absolute atomic E-state index is 0. The van der Waals surface area contributed by atoms with Crippen molar-refractivity contribution in [2.24, 2.45) is 5.73 Å². The van der Waals surface area contributed by atoms with Crippen molar-refractivity contribution in [1.82, 2.24) is 0 Å². The monoisotopic (exact) mass is 184 g/mol. The Hall–Kier alpha value is -0.516. The van der Waals surface area contributed by atoms with Crippen molar-refractivity contribution < 1.29 is 38.4 Å². The SMILES string of the molecule is NC(CC(=O)O)C(=O)O.[V]. The number of carboxylic acid groups (broad SMARTS) is 2. The van der Waals surface area contributed by atoms with Gasteiger partial charge in [0.05, 0.1) is 6.42 Å². The van der Waals surface area contributed by atoms with E-state index < -0.39 is 24.4 Å². The van der Waals surface area contributed by atoms with E-state index in [9.17, 15) is 9.59 Å². The van der Waals surface area contributed by atoms with Gasteiger partial charge in [0, 0.05) is 18.6 Å². The molecule has 6 heteroatoms. The van der Waals surface area contributed by atoms with Gasteiger partial charge >= 0.3 is 11.9 Å². The van der Waals surface area contributed by atoms with Crippen LogP contribution in [0, 0.1) is 0 Å². The van der Waals surface area contributed by atoms with Crippen molar-refractivity contribution in [3.05, 3.63) is 0 Å². The van der Waals surface area contributed by atoms with E-state index in [1.54, 1.807) is 0 Å². The predicted molar refractivity (Wildman–Crippen MR) is 27.9 cm³/mol. The molecule has 1 unspecified atom stereocenters. The maximum absolute atomic E-state index is 9.85. The number of carbonyl (C=O) groups is 2. The zero-order chi connectivity index (χ0) is 7.44. The van der Waals surface area contributed by atoms with Crippen LogP contribution in [0.5, 0.6) is 0 Å². The molecule has 0 spiro atoms. The molecule has 1 atom stereocenters. The van der Waals surface area contributed by atoms with E-state index in [0.717, 1.165) is 0 Å². The van der Waals surface area contributed by atoms with Crippen LogP contribution in [-0.4, -0.2) is 28.2 Å².